The van der Waals surface area contributed by atoms with Crippen LogP contribution in [0.15, 0.2) is 18.3 Å². The van der Waals surface area contributed by atoms with Crippen LogP contribution in [0, 0.1) is 0 Å². The number of pyridine rings is 1. The van der Waals surface area contributed by atoms with Gasteiger partial charge in [-0.05, 0) is 30.7 Å². The highest BCUT2D eigenvalue weighted by Gasteiger charge is 1.92. The van der Waals surface area contributed by atoms with Crippen LogP contribution in [0.25, 0.3) is 0 Å². The number of hydrogen-bond donors (Lipinski definition) is 1. The zero-order valence-corrected chi connectivity index (χ0v) is 7.78. The van der Waals surface area contributed by atoms with Gasteiger partial charge in [0.25, 0.3) is 0 Å². The fourth-order valence-electron chi connectivity index (χ4n) is 0.815. The molecular weight excluding hydrogens is 178 g/mol. The summed E-state index contributed by atoms with van der Waals surface area (Å²) in [5.41, 5.74) is 1.09. The van der Waals surface area contributed by atoms with E-state index in [4.69, 9.17) is 11.6 Å². The number of thiol groups is 1. The fraction of sp³-hybridized carbons (Fsp3) is 0.375. The molecule has 0 radical (unpaired) electrons. The molecule has 0 aliphatic carbocycles. The molecule has 1 aromatic heterocycles. The second-order valence-electron chi connectivity index (χ2n) is 2.29. The summed E-state index contributed by atoms with van der Waals surface area (Å²) in [6.07, 6.45) is 3.73. The Labute approximate surface area is 77.2 Å². The van der Waals surface area contributed by atoms with Crippen molar-refractivity contribution in [3.63, 3.8) is 0 Å². The largest absolute Gasteiger partial charge is 0.260 e. The third-order valence-electron chi connectivity index (χ3n) is 1.38. The molecule has 1 nitrogen and oxygen atoms in total. The van der Waals surface area contributed by atoms with E-state index >= 15 is 0 Å². The number of nitrogens with zero attached hydrogens (tertiary/aromatic N) is 1. The average molecular weight is 188 g/mol. The van der Waals surface area contributed by atoms with Crippen molar-refractivity contribution in [1.82, 2.24) is 4.98 Å². The van der Waals surface area contributed by atoms with Gasteiger partial charge in [0.2, 0.25) is 0 Å². The third kappa shape index (κ3) is 3.12. The van der Waals surface area contributed by atoms with Crippen molar-refractivity contribution in [2.45, 2.75) is 12.8 Å². The molecule has 0 fully saturated rings. The Bertz CT molecular complexity index is 210. The van der Waals surface area contributed by atoms with Gasteiger partial charge in [-0.15, -0.1) is 0 Å². The van der Waals surface area contributed by atoms with Gasteiger partial charge in [0.1, 0.15) is 0 Å². The summed E-state index contributed by atoms with van der Waals surface area (Å²) in [5.74, 6) is 0.907. The van der Waals surface area contributed by atoms with Crippen molar-refractivity contribution < 1.29 is 0 Å². The molecule has 0 N–H and O–H groups in total. The van der Waals surface area contributed by atoms with Crippen LogP contribution >= 0.6 is 24.2 Å². The van der Waals surface area contributed by atoms with Crippen LogP contribution in [0.1, 0.15) is 12.1 Å². The molecule has 1 rings (SSSR count). The van der Waals surface area contributed by atoms with E-state index in [-0.39, 0.29) is 0 Å². The summed E-state index contributed by atoms with van der Waals surface area (Å²) >= 11 is 9.79. The zero-order valence-electron chi connectivity index (χ0n) is 6.13. The molecule has 0 aliphatic heterocycles. The number of hydrogen-bond acceptors (Lipinski definition) is 2. The maximum Gasteiger partial charge on any atom is 0.0589 e. The predicted octanol–water partition coefficient (Wildman–Crippen LogP) is 2.60. The van der Waals surface area contributed by atoms with E-state index in [9.17, 15) is 0 Å². The highest BCUT2D eigenvalue weighted by molar-refractivity contribution is 7.80. The summed E-state index contributed by atoms with van der Waals surface area (Å²) in [6.45, 7) is 0. The second-order valence-corrected chi connectivity index (χ2v) is 3.18. The molecule has 60 valence electrons. The summed E-state index contributed by atoms with van der Waals surface area (Å²) in [4.78, 5) is 4.15. The Morgan fingerprint density at radius 3 is 2.82 bits per heavy atom. The molecule has 0 spiro atoms. The van der Waals surface area contributed by atoms with Gasteiger partial charge in [-0.3, -0.25) is 4.98 Å². The van der Waals surface area contributed by atoms with E-state index < -0.39 is 0 Å². The normalized spacial score (nSPS) is 10.0. The molecule has 0 unspecified atom stereocenters. The molecule has 0 saturated carbocycles. The van der Waals surface area contributed by atoms with Gasteiger partial charge >= 0.3 is 0 Å². The highest BCUT2D eigenvalue weighted by Crippen LogP contribution is 2.07. The van der Waals surface area contributed by atoms with E-state index in [1.807, 2.05) is 12.1 Å². The summed E-state index contributed by atoms with van der Waals surface area (Å²) < 4.78 is 0. The van der Waals surface area contributed by atoms with Gasteiger partial charge in [-0.1, -0.05) is 11.6 Å². The summed E-state index contributed by atoms with van der Waals surface area (Å²) in [6, 6.07) is 3.81. The smallest absolute Gasteiger partial charge is 0.0589 e. The lowest BCUT2D eigenvalue weighted by Crippen LogP contribution is -1.89. The minimum atomic E-state index is 0.694. The zero-order chi connectivity index (χ0) is 8.10. The molecule has 0 aromatic carbocycles. The van der Waals surface area contributed by atoms with Crippen molar-refractivity contribution in [3.05, 3.63) is 29.0 Å². The Morgan fingerprint density at radius 1 is 1.45 bits per heavy atom. The maximum absolute atomic E-state index is 5.67. The molecule has 11 heavy (non-hydrogen) atoms. The second kappa shape index (κ2) is 4.62. The third-order valence-corrected chi connectivity index (χ3v) is 1.92. The van der Waals surface area contributed by atoms with E-state index in [1.165, 1.54) is 0 Å². The lowest BCUT2D eigenvalue weighted by molar-refractivity contribution is 0.894. The topological polar surface area (TPSA) is 12.9 Å². The number of halogens is 1. The van der Waals surface area contributed by atoms with E-state index in [2.05, 4.69) is 17.6 Å². The SMILES string of the molecule is SCCCc1ccc(Cl)cn1. The van der Waals surface area contributed by atoms with E-state index in [1.54, 1.807) is 6.20 Å². The van der Waals surface area contributed by atoms with Crippen LogP contribution in [0.5, 0.6) is 0 Å². The summed E-state index contributed by atoms with van der Waals surface area (Å²) in [5, 5.41) is 0.694. The van der Waals surface area contributed by atoms with E-state index in [0.717, 1.165) is 24.3 Å². The molecule has 0 atom stereocenters. The van der Waals surface area contributed by atoms with Crippen molar-refractivity contribution >= 4 is 24.2 Å². The maximum atomic E-state index is 5.67. The van der Waals surface area contributed by atoms with Crippen LogP contribution in [-0.4, -0.2) is 10.7 Å². The Hall–Kier alpha value is -0.210. The number of aryl methyl sites for hydroxylation is 1. The minimum Gasteiger partial charge on any atom is -0.260 e. The van der Waals surface area contributed by atoms with Crippen LogP contribution in [0.2, 0.25) is 5.02 Å². The van der Waals surface area contributed by atoms with Gasteiger partial charge in [-0.25, -0.2) is 0 Å². The van der Waals surface area contributed by atoms with Crippen LogP contribution < -0.4 is 0 Å². The highest BCUT2D eigenvalue weighted by atomic mass is 35.5. The summed E-state index contributed by atoms with van der Waals surface area (Å²) in [7, 11) is 0. The molecule has 1 aromatic rings. The molecule has 0 bridgehead atoms. The quantitative estimate of drug-likeness (QED) is 0.718. The molecule has 1 heterocycles. The Kier molecular flexibility index (Phi) is 3.73. The first kappa shape index (κ1) is 8.88. The monoisotopic (exact) mass is 187 g/mol. The first-order chi connectivity index (χ1) is 5.33. The van der Waals surface area contributed by atoms with Crippen LogP contribution in [0.4, 0.5) is 0 Å². The lowest BCUT2D eigenvalue weighted by atomic mass is 10.2. The molecule has 0 amide bonds. The van der Waals surface area contributed by atoms with Crippen LogP contribution in [-0.2, 0) is 6.42 Å². The standard InChI is InChI=1S/C8H10ClNS/c9-7-3-4-8(10-6-7)2-1-5-11/h3-4,6,11H,1-2,5H2. The van der Waals surface area contributed by atoms with E-state index in [0.29, 0.717) is 5.02 Å². The van der Waals surface area contributed by atoms with Gasteiger partial charge in [0.15, 0.2) is 0 Å². The molecule has 0 saturated heterocycles. The first-order valence-electron chi connectivity index (χ1n) is 3.54. The predicted molar refractivity (Wildman–Crippen MR) is 51.4 cm³/mol. The van der Waals surface area contributed by atoms with Gasteiger partial charge in [0, 0.05) is 11.9 Å². The number of rotatable bonds is 3. The minimum absolute atomic E-state index is 0.694. The molecule has 3 heteroatoms. The average Bonchev–Trinajstić information content (AvgIpc) is 2.04. The lowest BCUT2D eigenvalue weighted by Gasteiger charge is -1.96. The van der Waals surface area contributed by atoms with Crippen molar-refractivity contribution in [2.24, 2.45) is 0 Å². The Balaban J connectivity index is 2.52. The fourth-order valence-corrected chi connectivity index (χ4v) is 1.08. The van der Waals surface area contributed by atoms with Crippen molar-refractivity contribution in [3.8, 4) is 0 Å². The van der Waals surface area contributed by atoms with Crippen molar-refractivity contribution in [2.75, 3.05) is 5.75 Å². The van der Waals surface area contributed by atoms with Crippen LogP contribution in [0.3, 0.4) is 0 Å². The Morgan fingerprint density at radius 2 is 2.27 bits per heavy atom. The van der Waals surface area contributed by atoms with Crippen molar-refractivity contribution in [1.29, 1.82) is 0 Å². The van der Waals surface area contributed by atoms with Gasteiger partial charge in [0.05, 0.1) is 5.02 Å². The molecule has 0 aliphatic rings. The van der Waals surface area contributed by atoms with Gasteiger partial charge in [-0.2, -0.15) is 12.6 Å². The first-order valence-corrected chi connectivity index (χ1v) is 4.55. The van der Waals surface area contributed by atoms with Gasteiger partial charge < -0.3 is 0 Å². The number of aromatic nitrogens is 1. The molecular formula is C8H10ClNS.